The maximum atomic E-state index is 10.3. The van der Waals surface area contributed by atoms with E-state index in [-0.39, 0.29) is 5.82 Å². The Hall–Kier alpha value is -2.86. The number of likely N-dealkylation sites (N-methyl/N-ethyl adjacent to an activating group) is 1. The molecular weight excluding hydrogens is 378 g/mol. The van der Waals surface area contributed by atoms with E-state index in [1.807, 2.05) is 30.1 Å². The van der Waals surface area contributed by atoms with Gasteiger partial charge in [0.15, 0.2) is 17.7 Å². The first kappa shape index (κ1) is 19.5. The average Bonchev–Trinajstić information content (AvgIpc) is 3.28. The normalized spacial score (nSPS) is 24.3. The molecular formula is C18H23N7O4. The molecule has 0 bridgehead atoms. The van der Waals surface area contributed by atoms with E-state index in [0.717, 1.165) is 5.69 Å². The molecule has 11 nitrogen and oxygen atoms in total. The van der Waals surface area contributed by atoms with Crippen molar-refractivity contribution in [3.8, 4) is 0 Å². The molecule has 0 unspecified atom stereocenters. The third-order valence-corrected chi connectivity index (χ3v) is 5.00. The van der Waals surface area contributed by atoms with E-state index in [1.54, 1.807) is 6.20 Å². The highest BCUT2D eigenvalue weighted by atomic mass is 16.6. The van der Waals surface area contributed by atoms with Crippen LogP contribution < -0.4 is 10.6 Å². The van der Waals surface area contributed by atoms with Crippen LogP contribution in [0.15, 0.2) is 30.7 Å². The number of aliphatic hydroxyl groups is 3. The summed E-state index contributed by atoms with van der Waals surface area (Å²) in [5, 5.41) is 29.7. The molecule has 29 heavy (non-hydrogen) atoms. The molecule has 1 saturated heterocycles. The molecule has 4 heterocycles. The molecule has 1 aliphatic heterocycles. The van der Waals surface area contributed by atoms with Crippen LogP contribution in [0.4, 0.5) is 11.8 Å². The highest BCUT2D eigenvalue weighted by Crippen LogP contribution is 2.32. The van der Waals surface area contributed by atoms with Crippen molar-refractivity contribution < 1.29 is 20.1 Å². The minimum absolute atomic E-state index is 0.195. The molecule has 11 heteroatoms. The lowest BCUT2D eigenvalue weighted by molar-refractivity contribution is -0.0511. The van der Waals surface area contributed by atoms with Crippen LogP contribution in [0.5, 0.6) is 0 Å². The number of nitrogens with zero attached hydrogens (tertiary/aromatic N) is 6. The lowest BCUT2D eigenvalue weighted by atomic mass is 10.1. The Morgan fingerprint density at radius 1 is 1.21 bits per heavy atom. The number of rotatable bonds is 6. The first-order valence-electron chi connectivity index (χ1n) is 9.23. The van der Waals surface area contributed by atoms with Gasteiger partial charge in [-0.1, -0.05) is 6.07 Å². The van der Waals surface area contributed by atoms with E-state index < -0.39 is 31.1 Å². The Balaban J connectivity index is 1.61. The fourth-order valence-corrected chi connectivity index (χ4v) is 3.32. The van der Waals surface area contributed by atoms with Gasteiger partial charge in [0, 0.05) is 31.9 Å². The largest absolute Gasteiger partial charge is 0.394 e. The average molecular weight is 401 g/mol. The molecule has 3 aromatic rings. The van der Waals surface area contributed by atoms with Crippen LogP contribution in [0.1, 0.15) is 11.9 Å². The van der Waals surface area contributed by atoms with E-state index in [0.29, 0.717) is 30.1 Å². The molecule has 0 aliphatic carbocycles. The summed E-state index contributed by atoms with van der Waals surface area (Å²) in [6.07, 6.45) is -0.441. The van der Waals surface area contributed by atoms with E-state index in [1.165, 1.54) is 10.9 Å². The monoisotopic (exact) mass is 401 g/mol. The smallest absolute Gasteiger partial charge is 0.229 e. The number of nitrogen functional groups attached to an aromatic ring is 1. The SMILES string of the molecule is CN(CCc1ccccn1)c1nc(N)c2ncn([C@@H]3O[C@H](CO)[C@@H](O)[C@H]3O)c2n1. The van der Waals surface area contributed by atoms with E-state index >= 15 is 0 Å². The molecule has 0 aromatic carbocycles. The first-order chi connectivity index (χ1) is 14.0. The lowest BCUT2D eigenvalue weighted by Crippen LogP contribution is -2.33. The van der Waals surface area contributed by atoms with Crippen molar-refractivity contribution in [3.05, 3.63) is 36.4 Å². The summed E-state index contributed by atoms with van der Waals surface area (Å²) in [4.78, 5) is 19.2. The first-order valence-corrected chi connectivity index (χ1v) is 9.23. The molecule has 0 saturated carbocycles. The summed E-state index contributed by atoms with van der Waals surface area (Å²) in [5.41, 5.74) is 7.75. The summed E-state index contributed by atoms with van der Waals surface area (Å²) in [6.45, 7) is 0.198. The second-order valence-corrected chi connectivity index (χ2v) is 6.95. The number of aliphatic hydroxyl groups excluding tert-OH is 3. The molecule has 1 aliphatic rings. The second kappa shape index (κ2) is 7.87. The fraction of sp³-hybridized carbons (Fsp3) is 0.444. The van der Waals surface area contributed by atoms with Crippen LogP contribution in [0.2, 0.25) is 0 Å². The minimum atomic E-state index is -1.24. The predicted octanol–water partition coefficient (Wildman–Crippen LogP) is -0.906. The Labute approximate surface area is 166 Å². The van der Waals surface area contributed by atoms with Crippen molar-refractivity contribution in [1.82, 2.24) is 24.5 Å². The zero-order valence-electron chi connectivity index (χ0n) is 15.8. The Kier molecular flexibility index (Phi) is 5.28. The molecule has 0 amide bonds. The van der Waals surface area contributed by atoms with Crippen molar-refractivity contribution in [3.63, 3.8) is 0 Å². The van der Waals surface area contributed by atoms with Crippen molar-refractivity contribution in [2.45, 2.75) is 31.0 Å². The van der Waals surface area contributed by atoms with Gasteiger partial charge in [-0.15, -0.1) is 0 Å². The third kappa shape index (κ3) is 3.60. The second-order valence-electron chi connectivity index (χ2n) is 6.95. The van der Waals surface area contributed by atoms with Gasteiger partial charge in [-0.05, 0) is 12.1 Å². The highest BCUT2D eigenvalue weighted by Gasteiger charge is 2.44. The number of anilines is 2. The summed E-state index contributed by atoms with van der Waals surface area (Å²) in [5.74, 6) is 0.583. The van der Waals surface area contributed by atoms with E-state index in [9.17, 15) is 15.3 Å². The van der Waals surface area contributed by atoms with Crippen LogP contribution in [0.25, 0.3) is 11.2 Å². The Bertz CT molecular complexity index is 983. The van der Waals surface area contributed by atoms with Crippen molar-refractivity contribution in [2.75, 3.05) is 30.8 Å². The Morgan fingerprint density at radius 3 is 2.72 bits per heavy atom. The number of pyridine rings is 1. The van der Waals surface area contributed by atoms with E-state index in [2.05, 4.69) is 19.9 Å². The number of hydrogen-bond acceptors (Lipinski definition) is 10. The van der Waals surface area contributed by atoms with Gasteiger partial charge in [0.1, 0.15) is 23.8 Å². The predicted molar refractivity (Wildman–Crippen MR) is 104 cm³/mol. The topological polar surface area (TPSA) is 156 Å². The number of hydrogen-bond donors (Lipinski definition) is 4. The van der Waals surface area contributed by atoms with Gasteiger partial charge in [-0.3, -0.25) is 9.55 Å². The van der Waals surface area contributed by atoms with Crippen LogP contribution in [0, 0.1) is 0 Å². The van der Waals surface area contributed by atoms with Gasteiger partial charge < -0.3 is 30.7 Å². The number of nitrogens with two attached hydrogens (primary N) is 1. The maximum absolute atomic E-state index is 10.3. The van der Waals surface area contributed by atoms with Gasteiger partial charge in [0.2, 0.25) is 5.95 Å². The Morgan fingerprint density at radius 2 is 2.03 bits per heavy atom. The van der Waals surface area contributed by atoms with Gasteiger partial charge in [0.25, 0.3) is 0 Å². The lowest BCUT2D eigenvalue weighted by Gasteiger charge is -2.19. The van der Waals surface area contributed by atoms with E-state index in [4.69, 9.17) is 10.5 Å². The zero-order chi connectivity index (χ0) is 20.5. The number of fused-ring (bicyclic) bond motifs is 1. The number of ether oxygens (including phenoxy) is 1. The van der Waals surface area contributed by atoms with Gasteiger partial charge in [-0.2, -0.15) is 9.97 Å². The van der Waals surface area contributed by atoms with Crippen molar-refractivity contribution in [1.29, 1.82) is 0 Å². The maximum Gasteiger partial charge on any atom is 0.229 e. The fourth-order valence-electron chi connectivity index (χ4n) is 3.32. The number of imidazole rings is 1. The van der Waals surface area contributed by atoms with Crippen LogP contribution in [-0.4, -0.2) is 78.3 Å². The zero-order valence-corrected chi connectivity index (χ0v) is 15.8. The molecule has 0 spiro atoms. The summed E-state index contributed by atoms with van der Waals surface area (Å²) in [6, 6.07) is 5.75. The molecule has 1 fully saturated rings. The molecule has 0 radical (unpaired) electrons. The van der Waals surface area contributed by atoms with Crippen LogP contribution in [-0.2, 0) is 11.2 Å². The highest BCUT2D eigenvalue weighted by molar-refractivity contribution is 5.83. The standard InChI is InChI=1S/C18H23N7O4/c1-24(7-5-10-4-2-3-6-20-10)18-22-15(19)12-16(23-18)25(9-21-12)17-14(28)13(27)11(8-26)29-17/h2-4,6,9,11,13-14,17,26-28H,5,7-8H2,1H3,(H2,19,22,23)/t11-,13-,14-,17-/m1/s1. The van der Waals surface area contributed by atoms with Gasteiger partial charge >= 0.3 is 0 Å². The summed E-state index contributed by atoms with van der Waals surface area (Å²) >= 11 is 0. The third-order valence-electron chi connectivity index (χ3n) is 5.00. The summed E-state index contributed by atoms with van der Waals surface area (Å²) < 4.78 is 7.08. The van der Waals surface area contributed by atoms with Crippen molar-refractivity contribution >= 4 is 22.9 Å². The summed E-state index contributed by atoms with van der Waals surface area (Å²) in [7, 11) is 1.84. The van der Waals surface area contributed by atoms with Gasteiger partial charge in [0.05, 0.1) is 12.9 Å². The molecule has 4 atom stereocenters. The molecule has 154 valence electrons. The molecule has 3 aromatic heterocycles. The number of aromatic nitrogens is 5. The molecule has 5 N–H and O–H groups in total. The van der Waals surface area contributed by atoms with Crippen LogP contribution >= 0.6 is 0 Å². The quantitative estimate of drug-likeness (QED) is 0.408. The van der Waals surface area contributed by atoms with Crippen LogP contribution in [0.3, 0.4) is 0 Å². The van der Waals surface area contributed by atoms with Gasteiger partial charge in [-0.25, -0.2) is 4.98 Å². The minimum Gasteiger partial charge on any atom is -0.394 e. The van der Waals surface area contributed by atoms with Crippen molar-refractivity contribution in [2.24, 2.45) is 0 Å². The molecule has 4 rings (SSSR count).